The van der Waals surface area contributed by atoms with Gasteiger partial charge in [-0.05, 0) is 24.0 Å². The Kier molecular flexibility index (Phi) is 3.29. The summed E-state index contributed by atoms with van der Waals surface area (Å²) in [6.45, 7) is 3.20. The van der Waals surface area contributed by atoms with E-state index in [0.717, 1.165) is 25.9 Å². The molecule has 19 heavy (non-hydrogen) atoms. The van der Waals surface area contributed by atoms with Crippen molar-refractivity contribution in [2.24, 2.45) is 0 Å². The average molecular weight is 261 g/mol. The van der Waals surface area contributed by atoms with Crippen molar-refractivity contribution in [1.29, 1.82) is 0 Å². The van der Waals surface area contributed by atoms with E-state index >= 15 is 0 Å². The maximum absolute atomic E-state index is 10.6. The van der Waals surface area contributed by atoms with Crippen molar-refractivity contribution in [3.05, 3.63) is 35.4 Å². The van der Waals surface area contributed by atoms with Crippen LogP contribution in [0.5, 0.6) is 0 Å². The van der Waals surface area contributed by atoms with Crippen molar-refractivity contribution in [3.63, 3.8) is 0 Å². The van der Waals surface area contributed by atoms with Crippen LogP contribution in [0, 0.1) is 0 Å². The van der Waals surface area contributed by atoms with E-state index < -0.39 is 5.97 Å². The van der Waals surface area contributed by atoms with Gasteiger partial charge in [-0.1, -0.05) is 24.3 Å². The molecule has 1 fully saturated rings. The minimum Gasteiger partial charge on any atom is -0.481 e. The van der Waals surface area contributed by atoms with Crippen molar-refractivity contribution in [3.8, 4) is 0 Å². The number of hydrogen-bond donors (Lipinski definition) is 1. The first-order valence-corrected chi connectivity index (χ1v) is 6.86. The van der Waals surface area contributed by atoms with Gasteiger partial charge in [0.2, 0.25) is 0 Å². The molecule has 4 nitrogen and oxygen atoms in total. The summed E-state index contributed by atoms with van der Waals surface area (Å²) in [6, 6.07) is 8.45. The molecule has 2 heterocycles. The van der Waals surface area contributed by atoms with Crippen LogP contribution < -0.4 is 0 Å². The average Bonchev–Trinajstić information content (AvgIpc) is 2.78. The molecule has 4 heteroatoms. The van der Waals surface area contributed by atoms with Crippen LogP contribution in [0.4, 0.5) is 0 Å². The lowest BCUT2D eigenvalue weighted by molar-refractivity contribution is -0.137. The van der Waals surface area contributed by atoms with Crippen molar-refractivity contribution >= 4 is 5.97 Å². The van der Waals surface area contributed by atoms with Gasteiger partial charge in [0.15, 0.2) is 0 Å². The normalized spacial score (nSPS) is 21.5. The van der Waals surface area contributed by atoms with E-state index in [2.05, 4.69) is 29.2 Å². The molecule has 1 spiro atoms. The molecule has 0 aromatic heterocycles. The molecule has 0 bridgehead atoms. The molecule has 0 unspecified atom stereocenters. The first-order chi connectivity index (χ1) is 9.20. The highest BCUT2D eigenvalue weighted by Crippen LogP contribution is 2.43. The molecule has 2 aliphatic heterocycles. The van der Waals surface area contributed by atoms with E-state index in [-0.39, 0.29) is 12.0 Å². The van der Waals surface area contributed by atoms with E-state index in [0.29, 0.717) is 13.2 Å². The van der Waals surface area contributed by atoms with Crippen LogP contribution in [0.3, 0.4) is 0 Å². The zero-order valence-corrected chi connectivity index (χ0v) is 11.0. The Bertz CT molecular complexity index is 478. The predicted molar refractivity (Wildman–Crippen MR) is 70.8 cm³/mol. The number of carbonyl (C=O) groups is 1. The Morgan fingerprint density at radius 3 is 2.79 bits per heavy atom. The van der Waals surface area contributed by atoms with Gasteiger partial charge in [-0.25, -0.2) is 0 Å². The monoisotopic (exact) mass is 261 g/mol. The zero-order chi connectivity index (χ0) is 13.3. The lowest BCUT2D eigenvalue weighted by Crippen LogP contribution is -2.43. The lowest BCUT2D eigenvalue weighted by Gasteiger charge is -2.39. The minimum atomic E-state index is -0.720. The SMILES string of the molecule is O=C(O)CCN1CCC2(CC1)OCc1ccccc12. The number of nitrogens with zero attached hydrogens (tertiary/aromatic N) is 1. The summed E-state index contributed by atoms with van der Waals surface area (Å²) in [6.07, 6.45) is 2.15. The fourth-order valence-corrected chi connectivity index (χ4v) is 3.19. The molecular weight excluding hydrogens is 242 g/mol. The van der Waals surface area contributed by atoms with Gasteiger partial charge in [-0.2, -0.15) is 0 Å². The fourth-order valence-electron chi connectivity index (χ4n) is 3.19. The number of benzene rings is 1. The third-order valence-corrected chi connectivity index (χ3v) is 4.32. The summed E-state index contributed by atoms with van der Waals surface area (Å²) >= 11 is 0. The second kappa shape index (κ2) is 4.94. The van der Waals surface area contributed by atoms with Crippen LogP contribution in [0.15, 0.2) is 24.3 Å². The predicted octanol–water partition coefficient (Wildman–Crippen LogP) is 1.98. The minimum absolute atomic E-state index is 0.115. The highest BCUT2D eigenvalue weighted by Gasteiger charge is 2.42. The Balaban J connectivity index is 1.66. The number of fused-ring (bicyclic) bond motifs is 2. The first kappa shape index (κ1) is 12.6. The van der Waals surface area contributed by atoms with Crippen molar-refractivity contribution < 1.29 is 14.6 Å². The number of carboxylic acids is 1. The summed E-state index contributed by atoms with van der Waals surface area (Å²) in [4.78, 5) is 12.8. The van der Waals surface area contributed by atoms with Gasteiger partial charge in [0.25, 0.3) is 0 Å². The Labute approximate surface area is 113 Å². The number of hydrogen-bond acceptors (Lipinski definition) is 3. The second-order valence-corrected chi connectivity index (χ2v) is 5.43. The number of ether oxygens (including phenoxy) is 1. The van der Waals surface area contributed by atoms with Crippen LogP contribution in [0.1, 0.15) is 30.4 Å². The second-order valence-electron chi connectivity index (χ2n) is 5.43. The summed E-state index contributed by atoms with van der Waals surface area (Å²) in [7, 11) is 0. The third kappa shape index (κ3) is 2.38. The van der Waals surface area contributed by atoms with Gasteiger partial charge in [0.05, 0.1) is 18.6 Å². The smallest absolute Gasteiger partial charge is 0.304 e. The lowest BCUT2D eigenvalue weighted by atomic mass is 9.84. The Morgan fingerprint density at radius 1 is 1.32 bits per heavy atom. The fraction of sp³-hybridized carbons (Fsp3) is 0.533. The number of rotatable bonds is 3. The van der Waals surface area contributed by atoms with E-state index in [1.807, 2.05) is 0 Å². The highest BCUT2D eigenvalue weighted by molar-refractivity contribution is 5.66. The molecule has 0 atom stereocenters. The van der Waals surface area contributed by atoms with Gasteiger partial charge >= 0.3 is 5.97 Å². The van der Waals surface area contributed by atoms with E-state index in [1.165, 1.54) is 11.1 Å². The molecule has 2 aliphatic rings. The van der Waals surface area contributed by atoms with Gasteiger partial charge in [-0.15, -0.1) is 0 Å². The largest absolute Gasteiger partial charge is 0.481 e. The molecule has 1 aromatic rings. The quantitative estimate of drug-likeness (QED) is 0.904. The van der Waals surface area contributed by atoms with Crippen LogP contribution in [-0.4, -0.2) is 35.6 Å². The molecule has 0 aliphatic carbocycles. The number of carboxylic acid groups (broad SMARTS) is 1. The van der Waals surface area contributed by atoms with Gasteiger partial charge < -0.3 is 14.7 Å². The Morgan fingerprint density at radius 2 is 2.05 bits per heavy atom. The van der Waals surface area contributed by atoms with E-state index in [1.54, 1.807) is 0 Å². The molecule has 3 rings (SSSR count). The molecule has 0 radical (unpaired) electrons. The molecule has 1 aromatic carbocycles. The summed E-state index contributed by atoms with van der Waals surface area (Å²) in [5.74, 6) is -0.720. The van der Waals surface area contributed by atoms with Crippen LogP contribution in [-0.2, 0) is 21.7 Å². The van der Waals surface area contributed by atoms with Crippen LogP contribution in [0.25, 0.3) is 0 Å². The zero-order valence-electron chi connectivity index (χ0n) is 11.0. The third-order valence-electron chi connectivity index (χ3n) is 4.32. The maximum Gasteiger partial charge on any atom is 0.304 e. The van der Waals surface area contributed by atoms with Crippen molar-refractivity contribution in [2.45, 2.75) is 31.5 Å². The first-order valence-electron chi connectivity index (χ1n) is 6.86. The van der Waals surface area contributed by atoms with E-state index in [4.69, 9.17) is 9.84 Å². The number of aliphatic carboxylic acids is 1. The highest BCUT2D eigenvalue weighted by atomic mass is 16.5. The molecule has 1 saturated heterocycles. The number of piperidine rings is 1. The molecule has 0 amide bonds. The molecular formula is C15H19NO3. The summed E-state index contributed by atoms with van der Waals surface area (Å²) in [5, 5.41) is 8.73. The van der Waals surface area contributed by atoms with Gasteiger partial charge in [0.1, 0.15) is 0 Å². The van der Waals surface area contributed by atoms with Crippen molar-refractivity contribution in [2.75, 3.05) is 19.6 Å². The topological polar surface area (TPSA) is 49.8 Å². The van der Waals surface area contributed by atoms with Crippen LogP contribution in [0.2, 0.25) is 0 Å². The van der Waals surface area contributed by atoms with Gasteiger partial charge in [0, 0.05) is 19.6 Å². The standard InChI is InChI=1S/C15H19NO3/c17-14(18)5-8-16-9-6-15(7-10-16)13-4-2-1-3-12(13)11-19-15/h1-4H,5-11H2,(H,17,18). The maximum atomic E-state index is 10.6. The van der Waals surface area contributed by atoms with Crippen molar-refractivity contribution in [1.82, 2.24) is 4.90 Å². The van der Waals surface area contributed by atoms with Gasteiger partial charge in [-0.3, -0.25) is 4.79 Å². The molecule has 102 valence electrons. The summed E-state index contributed by atoms with van der Waals surface area (Å²) in [5.41, 5.74) is 2.53. The summed E-state index contributed by atoms with van der Waals surface area (Å²) < 4.78 is 6.08. The van der Waals surface area contributed by atoms with E-state index in [9.17, 15) is 4.79 Å². The Hall–Kier alpha value is -1.39. The van der Waals surface area contributed by atoms with Crippen LogP contribution >= 0.6 is 0 Å². The molecule has 1 N–H and O–H groups in total. The molecule has 0 saturated carbocycles. The number of likely N-dealkylation sites (tertiary alicyclic amines) is 1.